The average molecular weight is 326 g/mol. The number of hydrogen-bond donors (Lipinski definition) is 2. The fraction of sp³-hybridized carbons (Fsp3) is 0.600. The maximum Gasteiger partial charge on any atom is 0.433 e. The SMILES string of the molecule is CCCNP(=O)(NCCCl)OCc1ccc([N+](=O)[O-])o1. The highest BCUT2D eigenvalue weighted by atomic mass is 35.5. The molecule has 0 saturated heterocycles. The summed E-state index contributed by atoms with van der Waals surface area (Å²) in [5.74, 6) is 0.129. The molecule has 0 aliphatic carbocycles. The van der Waals surface area contributed by atoms with Gasteiger partial charge in [-0.25, -0.2) is 10.2 Å². The molecule has 1 unspecified atom stereocenters. The van der Waals surface area contributed by atoms with Crippen molar-refractivity contribution in [2.45, 2.75) is 20.0 Å². The van der Waals surface area contributed by atoms with Gasteiger partial charge in [-0.05, 0) is 12.5 Å². The molecule has 2 N–H and O–H groups in total. The largest absolute Gasteiger partial charge is 0.433 e. The van der Waals surface area contributed by atoms with Gasteiger partial charge in [0, 0.05) is 19.0 Å². The second kappa shape index (κ2) is 8.39. The van der Waals surface area contributed by atoms with E-state index in [-0.39, 0.29) is 24.1 Å². The molecule has 0 aliphatic rings. The van der Waals surface area contributed by atoms with Crippen LogP contribution in [0.4, 0.5) is 5.88 Å². The van der Waals surface area contributed by atoms with Gasteiger partial charge in [0.1, 0.15) is 17.3 Å². The normalized spacial score (nSPS) is 14.1. The van der Waals surface area contributed by atoms with Gasteiger partial charge >= 0.3 is 13.6 Å². The third kappa shape index (κ3) is 5.60. The van der Waals surface area contributed by atoms with Crippen molar-refractivity contribution in [3.8, 4) is 0 Å². The molecule has 1 atom stereocenters. The van der Waals surface area contributed by atoms with Crippen LogP contribution in [0.2, 0.25) is 0 Å². The summed E-state index contributed by atoms with van der Waals surface area (Å²) < 4.78 is 22.6. The van der Waals surface area contributed by atoms with Gasteiger partial charge in [0.2, 0.25) is 0 Å². The summed E-state index contributed by atoms with van der Waals surface area (Å²) in [5, 5.41) is 15.9. The molecule has 1 heterocycles. The number of nitro groups is 1. The van der Waals surface area contributed by atoms with Gasteiger partial charge in [-0.2, -0.15) is 0 Å². The van der Waals surface area contributed by atoms with Crippen molar-refractivity contribution in [2.24, 2.45) is 0 Å². The monoisotopic (exact) mass is 325 g/mol. The topological polar surface area (TPSA) is 107 Å². The van der Waals surface area contributed by atoms with E-state index in [1.807, 2.05) is 6.92 Å². The number of furan rings is 1. The number of halogens is 1. The van der Waals surface area contributed by atoms with E-state index in [1.165, 1.54) is 12.1 Å². The van der Waals surface area contributed by atoms with Crippen molar-refractivity contribution >= 4 is 25.2 Å². The minimum absolute atomic E-state index is 0.142. The molecule has 0 fully saturated rings. The molecule has 1 rings (SSSR count). The van der Waals surface area contributed by atoms with Gasteiger partial charge in [-0.15, -0.1) is 11.6 Å². The molecule has 0 aromatic carbocycles. The maximum absolute atomic E-state index is 12.4. The molecule has 114 valence electrons. The number of hydrogen-bond acceptors (Lipinski definition) is 5. The van der Waals surface area contributed by atoms with Crippen molar-refractivity contribution in [1.82, 2.24) is 10.2 Å². The Morgan fingerprint density at radius 3 is 2.70 bits per heavy atom. The maximum atomic E-state index is 12.4. The molecular formula is C10H17ClN3O5P. The standard InChI is InChI=1S/C10H17ClN3O5P/c1-2-6-12-20(17,13-7-5-11)18-8-9-3-4-10(19-9)14(15)16/h3-4H,2,5-8H2,1H3,(H2,12,13,17). The van der Waals surface area contributed by atoms with Crippen LogP contribution >= 0.6 is 19.3 Å². The Hall–Kier alpha value is -0.920. The van der Waals surface area contributed by atoms with Crippen LogP contribution in [0, 0.1) is 10.1 Å². The number of rotatable bonds is 10. The first-order valence-corrected chi connectivity index (χ1v) is 8.20. The van der Waals surface area contributed by atoms with Crippen LogP contribution in [0.3, 0.4) is 0 Å². The lowest BCUT2D eigenvalue weighted by atomic mass is 10.5. The lowest BCUT2D eigenvalue weighted by Gasteiger charge is -2.19. The zero-order valence-corrected chi connectivity index (χ0v) is 12.7. The fourth-order valence-corrected chi connectivity index (χ4v) is 3.05. The Bertz CT molecular complexity index is 469. The Balaban J connectivity index is 2.59. The van der Waals surface area contributed by atoms with Gasteiger partial charge in [0.25, 0.3) is 0 Å². The van der Waals surface area contributed by atoms with E-state index >= 15 is 0 Å². The second-order valence-corrected chi connectivity index (χ2v) is 6.20. The summed E-state index contributed by atoms with van der Waals surface area (Å²) in [6, 6.07) is 2.62. The van der Waals surface area contributed by atoms with Crippen molar-refractivity contribution in [1.29, 1.82) is 0 Å². The summed E-state index contributed by atoms with van der Waals surface area (Å²) in [6.45, 7) is 2.60. The van der Waals surface area contributed by atoms with Crippen LogP contribution < -0.4 is 10.2 Å². The summed E-state index contributed by atoms with van der Waals surface area (Å²) in [5.41, 5.74) is 0. The number of nitrogens with zero attached hydrogens (tertiary/aromatic N) is 1. The first-order valence-electron chi connectivity index (χ1n) is 6.04. The van der Waals surface area contributed by atoms with Crippen molar-refractivity contribution in [2.75, 3.05) is 19.0 Å². The van der Waals surface area contributed by atoms with E-state index in [9.17, 15) is 14.7 Å². The van der Waals surface area contributed by atoms with Crippen LogP contribution in [0.5, 0.6) is 0 Å². The molecular weight excluding hydrogens is 309 g/mol. The smallest absolute Gasteiger partial charge is 0.403 e. The Morgan fingerprint density at radius 2 is 2.15 bits per heavy atom. The lowest BCUT2D eigenvalue weighted by Crippen LogP contribution is -2.26. The highest BCUT2D eigenvalue weighted by Gasteiger charge is 2.23. The van der Waals surface area contributed by atoms with E-state index in [4.69, 9.17) is 20.5 Å². The van der Waals surface area contributed by atoms with Crippen LogP contribution in [-0.4, -0.2) is 23.9 Å². The molecule has 0 radical (unpaired) electrons. The quantitative estimate of drug-likeness (QED) is 0.295. The van der Waals surface area contributed by atoms with Crippen LogP contribution in [-0.2, 0) is 15.7 Å². The minimum atomic E-state index is -3.25. The van der Waals surface area contributed by atoms with Crippen molar-refractivity contribution < 1.29 is 18.4 Å². The van der Waals surface area contributed by atoms with Crippen molar-refractivity contribution in [3.63, 3.8) is 0 Å². The second-order valence-electron chi connectivity index (χ2n) is 3.83. The molecule has 0 bridgehead atoms. The van der Waals surface area contributed by atoms with Crippen LogP contribution in [0.25, 0.3) is 0 Å². The van der Waals surface area contributed by atoms with E-state index in [0.29, 0.717) is 13.1 Å². The molecule has 8 nitrogen and oxygen atoms in total. The third-order valence-electron chi connectivity index (χ3n) is 2.20. The Labute approximate surface area is 121 Å². The summed E-state index contributed by atoms with van der Waals surface area (Å²) >= 11 is 5.54. The lowest BCUT2D eigenvalue weighted by molar-refractivity contribution is -0.402. The van der Waals surface area contributed by atoms with E-state index < -0.39 is 12.6 Å². The summed E-state index contributed by atoms with van der Waals surface area (Å²) in [7, 11) is -3.25. The zero-order valence-electron chi connectivity index (χ0n) is 11.0. The Morgan fingerprint density at radius 1 is 1.45 bits per heavy atom. The average Bonchev–Trinajstić information content (AvgIpc) is 2.90. The van der Waals surface area contributed by atoms with E-state index in [2.05, 4.69) is 10.2 Å². The summed E-state index contributed by atoms with van der Waals surface area (Å²) in [6.07, 6.45) is 0.780. The molecule has 1 aromatic heterocycles. The zero-order chi connectivity index (χ0) is 15.0. The van der Waals surface area contributed by atoms with Crippen molar-refractivity contribution in [3.05, 3.63) is 28.0 Å². The summed E-state index contributed by atoms with van der Waals surface area (Å²) in [4.78, 5) is 9.83. The Kier molecular flexibility index (Phi) is 7.18. The first-order chi connectivity index (χ1) is 9.50. The van der Waals surface area contributed by atoms with Gasteiger partial charge in [0.15, 0.2) is 0 Å². The molecule has 0 aliphatic heterocycles. The molecule has 1 aromatic rings. The third-order valence-corrected chi connectivity index (χ3v) is 4.16. The highest BCUT2D eigenvalue weighted by Crippen LogP contribution is 2.38. The van der Waals surface area contributed by atoms with Gasteiger partial charge in [-0.3, -0.25) is 19.2 Å². The van der Waals surface area contributed by atoms with Crippen LogP contribution in [0.15, 0.2) is 16.5 Å². The predicted octanol–water partition coefficient (Wildman–Crippen LogP) is 2.64. The first kappa shape index (κ1) is 17.1. The fourth-order valence-electron chi connectivity index (χ4n) is 1.29. The number of nitrogens with one attached hydrogen (secondary N) is 2. The van der Waals surface area contributed by atoms with Gasteiger partial charge < -0.3 is 4.42 Å². The van der Waals surface area contributed by atoms with Gasteiger partial charge in [-0.1, -0.05) is 6.92 Å². The van der Waals surface area contributed by atoms with Gasteiger partial charge in [0.05, 0.1) is 6.07 Å². The number of alkyl halides is 1. The minimum Gasteiger partial charge on any atom is -0.403 e. The predicted molar refractivity (Wildman–Crippen MR) is 74.8 cm³/mol. The molecule has 10 heteroatoms. The molecule has 0 spiro atoms. The van der Waals surface area contributed by atoms with Crippen LogP contribution in [0.1, 0.15) is 19.1 Å². The highest BCUT2D eigenvalue weighted by molar-refractivity contribution is 7.54. The molecule has 0 amide bonds. The van der Waals surface area contributed by atoms with E-state index in [1.54, 1.807) is 0 Å². The molecule has 20 heavy (non-hydrogen) atoms. The molecule has 0 saturated carbocycles. The van der Waals surface area contributed by atoms with E-state index in [0.717, 1.165) is 6.42 Å².